The lowest BCUT2D eigenvalue weighted by Crippen LogP contribution is -2.66. The van der Waals surface area contributed by atoms with Crippen LogP contribution in [0, 0.1) is 0 Å². The predicted molar refractivity (Wildman–Crippen MR) is 64.3 cm³/mol. The third-order valence-electron chi connectivity index (χ3n) is 3.51. The van der Waals surface area contributed by atoms with Crippen LogP contribution in [-0.2, 0) is 0 Å². The Morgan fingerprint density at radius 1 is 1.19 bits per heavy atom. The van der Waals surface area contributed by atoms with Crippen molar-refractivity contribution in [3.05, 3.63) is 0 Å². The van der Waals surface area contributed by atoms with E-state index < -0.39 is 0 Å². The number of hydrazine groups is 2. The summed E-state index contributed by atoms with van der Waals surface area (Å²) in [5.74, 6) is 5.77. The van der Waals surface area contributed by atoms with Gasteiger partial charge in [0.25, 0.3) is 0 Å². The Morgan fingerprint density at radius 2 is 1.88 bits per heavy atom. The van der Waals surface area contributed by atoms with Gasteiger partial charge in [-0.25, -0.2) is 15.0 Å². The van der Waals surface area contributed by atoms with Gasteiger partial charge in [0.15, 0.2) is 0 Å². The molecule has 6 nitrogen and oxygen atoms in total. The first-order valence-corrected chi connectivity index (χ1v) is 6.16. The predicted octanol–water partition coefficient (Wildman–Crippen LogP) is -1.99. The minimum absolute atomic E-state index is 0.198. The van der Waals surface area contributed by atoms with Crippen LogP contribution < -0.4 is 16.9 Å². The Kier molecular flexibility index (Phi) is 4.12. The minimum atomic E-state index is 0.198. The number of hydrogen-bond acceptors (Lipinski definition) is 6. The van der Waals surface area contributed by atoms with Gasteiger partial charge in [-0.2, -0.15) is 0 Å². The molecule has 2 fully saturated rings. The summed E-state index contributed by atoms with van der Waals surface area (Å²) in [6.45, 7) is 9.08. The zero-order valence-corrected chi connectivity index (χ0v) is 10.1. The van der Waals surface area contributed by atoms with Crippen LogP contribution in [0.5, 0.6) is 0 Å². The lowest BCUT2D eigenvalue weighted by atomic mass is 10.1. The van der Waals surface area contributed by atoms with Gasteiger partial charge in [-0.3, -0.25) is 5.84 Å². The molecule has 0 aromatic rings. The van der Waals surface area contributed by atoms with Crippen LogP contribution in [0.4, 0.5) is 0 Å². The summed E-state index contributed by atoms with van der Waals surface area (Å²) in [7, 11) is 0. The standard InChI is InChI=1S/C10H24N6/c1-9(11)10-8-13-2-3-16(10)15-6-4-14(12)5-7-15/h9-10,13H,2-8,11-12H2,1H3. The van der Waals surface area contributed by atoms with Crippen molar-refractivity contribution in [3.63, 3.8) is 0 Å². The SMILES string of the molecule is CC(N)C1CNCCN1N1CCN(N)CC1. The monoisotopic (exact) mass is 228 g/mol. The average molecular weight is 228 g/mol. The van der Waals surface area contributed by atoms with Gasteiger partial charge in [-0.1, -0.05) is 0 Å². The van der Waals surface area contributed by atoms with Gasteiger partial charge in [0.1, 0.15) is 0 Å². The van der Waals surface area contributed by atoms with Crippen LogP contribution >= 0.6 is 0 Å². The van der Waals surface area contributed by atoms with Gasteiger partial charge in [0, 0.05) is 51.9 Å². The number of piperazine rings is 2. The molecule has 2 unspecified atom stereocenters. The number of nitrogens with two attached hydrogens (primary N) is 2. The van der Waals surface area contributed by atoms with E-state index in [0.717, 1.165) is 45.8 Å². The second kappa shape index (κ2) is 5.39. The molecule has 0 aromatic carbocycles. The third-order valence-corrected chi connectivity index (χ3v) is 3.51. The molecule has 2 saturated heterocycles. The molecule has 0 spiro atoms. The van der Waals surface area contributed by atoms with Gasteiger partial charge < -0.3 is 11.1 Å². The van der Waals surface area contributed by atoms with Gasteiger partial charge in [0.2, 0.25) is 0 Å². The number of hydrogen-bond donors (Lipinski definition) is 3. The Bertz CT molecular complexity index is 213. The van der Waals surface area contributed by atoms with E-state index in [9.17, 15) is 0 Å². The molecule has 2 rings (SSSR count). The molecule has 0 radical (unpaired) electrons. The van der Waals surface area contributed by atoms with E-state index >= 15 is 0 Å². The fraction of sp³-hybridized carbons (Fsp3) is 1.00. The van der Waals surface area contributed by atoms with Crippen LogP contribution in [0.1, 0.15) is 6.92 Å². The molecule has 0 saturated carbocycles. The zero-order valence-electron chi connectivity index (χ0n) is 10.1. The molecule has 0 bridgehead atoms. The fourth-order valence-corrected chi connectivity index (χ4v) is 2.49. The first-order chi connectivity index (χ1) is 7.68. The lowest BCUT2D eigenvalue weighted by Gasteiger charge is -2.47. The highest BCUT2D eigenvalue weighted by Crippen LogP contribution is 2.12. The largest absolute Gasteiger partial charge is 0.326 e. The molecular weight excluding hydrogens is 204 g/mol. The van der Waals surface area contributed by atoms with E-state index in [1.54, 1.807) is 0 Å². The van der Waals surface area contributed by atoms with Crippen molar-refractivity contribution < 1.29 is 0 Å². The summed E-state index contributed by atoms with van der Waals surface area (Å²) in [5, 5.41) is 10.2. The minimum Gasteiger partial charge on any atom is -0.326 e. The molecule has 94 valence electrons. The highest BCUT2D eigenvalue weighted by atomic mass is 15.7. The van der Waals surface area contributed by atoms with Crippen LogP contribution in [0.3, 0.4) is 0 Å². The maximum atomic E-state index is 6.05. The highest BCUT2D eigenvalue weighted by Gasteiger charge is 2.30. The Hall–Kier alpha value is -0.240. The summed E-state index contributed by atoms with van der Waals surface area (Å²) in [4.78, 5) is 0. The molecule has 0 amide bonds. The van der Waals surface area contributed by atoms with E-state index in [0.29, 0.717) is 6.04 Å². The summed E-state index contributed by atoms with van der Waals surface area (Å²) < 4.78 is 0. The van der Waals surface area contributed by atoms with E-state index in [-0.39, 0.29) is 6.04 Å². The maximum absolute atomic E-state index is 6.05. The van der Waals surface area contributed by atoms with Crippen molar-refractivity contribution in [1.82, 2.24) is 20.3 Å². The molecule has 6 heteroatoms. The summed E-state index contributed by atoms with van der Waals surface area (Å²) in [5.41, 5.74) is 6.05. The second-order valence-corrected chi connectivity index (χ2v) is 4.78. The van der Waals surface area contributed by atoms with Crippen LogP contribution in [-0.4, -0.2) is 72.9 Å². The van der Waals surface area contributed by atoms with Crippen molar-refractivity contribution >= 4 is 0 Å². The topological polar surface area (TPSA) is 73.8 Å². The summed E-state index contributed by atoms with van der Waals surface area (Å²) >= 11 is 0. The molecule has 2 aliphatic rings. The van der Waals surface area contributed by atoms with Crippen molar-refractivity contribution in [3.8, 4) is 0 Å². The Balaban J connectivity index is 1.94. The van der Waals surface area contributed by atoms with Crippen LogP contribution in [0.15, 0.2) is 0 Å². The van der Waals surface area contributed by atoms with E-state index in [1.165, 1.54) is 0 Å². The van der Waals surface area contributed by atoms with E-state index in [4.69, 9.17) is 11.6 Å². The summed E-state index contributed by atoms with van der Waals surface area (Å²) in [6.07, 6.45) is 0. The van der Waals surface area contributed by atoms with Crippen LogP contribution in [0.2, 0.25) is 0 Å². The van der Waals surface area contributed by atoms with Gasteiger partial charge in [0.05, 0.1) is 6.04 Å². The molecular formula is C10H24N6. The van der Waals surface area contributed by atoms with Gasteiger partial charge in [-0.05, 0) is 6.92 Å². The first kappa shape index (κ1) is 12.2. The van der Waals surface area contributed by atoms with Crippen molar-refractivity contribution in [2.45, 2.75) is 19.0 Å². The zero-order chi connectivity index (χ0) is 11.5. The molecule has 2 heterocycles. The fourth-order valence-electron chi connectivity index (χ4n) is 2.49. The molecule has 0 aliphatic carbocycles. The highest BCUT2D eigenvalue weighted by molar-refractivity contribution is 4.85. The average Bonchev–Trinajstić information content (AvgIpc) is 2.30. The van der Waals surface area contributed by atoms with Crippen LogP contribution in [0.25, 0.3) is 0 Å². The molecule has 2 aliphatic heterocycles. The number of nitrogens with zero attached hydrogens (tertiary/aromatic N) is 3. The summed E-state index contributed by atoms with van der Waals surface area (Å²) in [6, 6.07) is 0.613. The smallest absolute Gasteiger partial charge is 0.0519 e. The molecule has 5 N–H and O–H groups in total. The van der Waals surface area contributed by atoms with Crippen molar-refractivity contribution in [2.24, 2.45) is 11.6 Å². The first-order valence-electron chi connectivity index (χ1n) is 6.16. The Morgan fingerprint density at radius 3 is 2.50 bits per heavy atom. The van der Waals surface area contributed by atoms with Gasteiger partial charge in [-0.15, -0.1) is 0 Å². The maximum Gasteiger partial charge on any atom is 0.0519 e. The third kappa shape index (κ3) is 2.71. The molecule has 16 heavy (non-hydrogen) atoms. The Labute approximate surface area is 97.5 Å². The van der Waals surface area contributed by atoms with E-state index in [1.807, 2.05) is 5.01 Å². The van der Waals surface area contributed by atoms with Crippen molar-refractivity contribution in [2.75, 3.05) is 45.8 Å². The number of rotatable bonds is 2. The molecule has 2 atom stereocenters. The van der Waals surface area contributed by atoms with Crippen molar-refractivity contribution in [1.29, 1.82) is 0 Å². The normalized spacial score (nSPS) is 32.8. The van der Waals surface area contributed by atoms with Gasteiger partial charge >= 0.3 is 0 Å². The second-order valence-electron chi connectivity index (χ2n) is 4.78. The lowest BCUT2D eigenvalue weighted by molar-refractivity contribution is -0.0997. The van der Waals surface area contributed by atoms with E-state index in [2.05, 4.69) is 22.3 Å². The number of nitrogens with one attached hydrogen (secondary N) is 1. The molecule has 0 aromatic heterocycles. The quantitative estimate of drug-likeness (QED) is 0.475.